The first-order valence-electron chi connectivity index (χ1n) is 6.29. The van der Waals surface area contributed by atoms with Gasteiger partial charge in [-0.1, -0.05) is 24.3 Å². The van der Waals surface area contributed by atoms with E-state index in [-0.39, 0.29) is 5.75 Å². The molecule has 0 saturated heterocycles. The van der Waals surface area contributed by atoms with Gasteiger partial charge >= 0.3 is 0 Å². The van der Waals surface area contributed by atoms with E-state index in [4.69, 9.17) is 0 Å². The summed E-state index contributed by atoms with van der Waals surface area (Å²) in [6, 6.07) is 7.68. The van der Waals surface area contributed by atoms with Gasteiger partial charge in [-0.25, -0.2) is 13.1 Å². The lowest BCUT2D eigenvalue weighted by molar-refractivity contribution is 0.576. The summed E-state index contributed by atoms with van der Waals surface area (Å²) >= 11 is 0. The topological polar surface area (TPSA) is 58.2 Å². The largest absolute Gasteiger partial charge is 0.316 e. The predicted octanol–water partition coefficient (Wildman–Crippen LogP) is 1.24. The van der Waals surface area contributed by atoms with Gasteiger partial charge in [0.25, 0.3) is 0 Å². The lowest BCUT2D eigenvalue weighted by Crippen LogP contribution is -2.27. The molecular formula is C13H20N2O2S. The minimum absolute atomic E-state index is 0.0690. The van der Waals surface area contributed by atoms with Crippen molar-refractivity contribution in [2.75, 3.05) is 13.6 Å². The van der Waals surface area contributed by atoms with E-state index in [9.17, 15) is 8.42 Å². The Hall–Kier alpha value is -0.910. The summed E-state index contributed by atoms with van der Waals surface area (Å²) in [7, 11) is -1.29. The number of sulfonamides is 1. The third kappa shape index (κ3) is 4.40. The Morgan fingerprint density at radius 1 is 1.17 bits per heavy atom. The van der Waals surface area contributed by atoms with Crippen molar-refractivity contribution in [2.45, 2.75) is 25.1 Å². The van der Waals surface area contributed by atoms with Gasteiger partial charge in [-0.3, -0.25) is 0 Å². The second-order valence-electron chi connectivity index (χ2n) is 4.90. The van der Waals surface area contributed by atoms with Crippen LogP contribution in [0.5, 0.6) is 0 Å². The highest BCUT2D eigenvalue weighted by Gasteiger charge is 2.23. The number of hydrogen-bond acceptors (Lipinski definition) is 3. The number of rotatable bonds is 7. The van der Waals surface area contributed by atoms with Crippen LogP contribution in [-0.2, 0) is 22.3 Å². The zero-order chi connectivity index (χ0) is 13.0. The molecule has 2 rings (SSSR count). The maximum atomic E-state index is 11.8. The molecule has 0 aromatic heterocycles. The van der Waals surface area contributed by atoms with Crippen molar-refractivity contribution in [3.63, 3.8) is 0 Å². The van der Waals surface area contributed by atoms with Crippen LogP contribution in [0.25, 0.3) is 0 Å². The van der Waals surface area contributed by atoms with Gasteiger partial charge in [0.1, 0.15) is 0 Å². The smallest absolute Gasteiger partial charge is 0.215 e. The molecule has 0 amide bonds. The molecule has 0 spiro atoms. The fourth-order valence-corrected chi connectivity index (χ4v) is 3.02. The second-order valence-corrected chi connectivity index (χ2v) is 6.70. The molecular weight excluding hydrogens is 248 g/mol. The van der Waals surface area contributed by atoms with Crippen molar-refractivity contribution in [1.82, 2.24) is 10.0 Å². The Bertz CT molecular complexity index is 478. The van der Waals surface area contributed by atoms with E-state index in [0.717, 1.165) is 30.5 Å². The molecule has 0 unspecified atom stereocenters. The molecule has 0 aliphatic heterocycles. The molecule has 4 nitrogen and oxygen atoms in total. The van der Waals surface area contributed by atoms with E-state index < -0.39 is 10.0 Å². The highest BCUT2D eigenvalue weighted by atomic mass is 32.2. The maximum Gasteiger partial charge on any atom is 0.215 e. The molecule has 18 heavy (non-hydrogen) atoms. The number of benzene rings is 1. The monoisotopic (exact) mass is 268 g/mol. The first kappa shape index (κ1) is 13.5. The summed E-state index contributed by atoms with van der Waals surface area (Å²) in [5, 5.41) is 3.06. The van der Waals surface area contributed by atoms with Crippen molar-refractivity contribution >= 4 is 10.0 Å². The van der Waals surface area contributed by atoms with Gasteiger partial charge in [-0.05, 0) is 36.9 Å². The van der Waals surface area contributed by atoms with Crippen molar-refractivity contribution in [1.29, 1.82) is 0 Å². The highest BCUT2D eigenvalue weighted by Crippen LogP contribution is 2.27. The van der Waals surface area contributed by atoms with E-state index in [2.05, 4.69) is 10.0 Å². The molecule has 0 radical (unpaired) electrons. The lowest BCUT2D eigenvalue weighted by Gasteiger charge is -2.07. The summed E-state index contributed by atoms with van der Waals surface area (Å²) in [5.74, 6) is 0.636. The van der Waals surface area contributed by atoms with Crippen molar-refractivity contribution in [3.05, 3.63) is 35.4 Å². The standard InChI is InChI=1S/C13H20N2O2S/c1-14-8-11-4-6-13(7-5-11)10-18(16,17)15-9-12-2-3-12/h4-7,12,14-15H,2-3,8-10H2,1H3. The molecule has 2 N–H and O–H groups in total. The normalized spacial score (nSPS) is 15.8. The van der Waals surface area contributed by atoms with Gasteiger partial charge in [0.2, 0.25) is 10.0 Å². The third-order valence-electron chi connectivity index (χ3n) is 3.05. The van der Waals surface area contributed by atoms with Crippen molar-refractivity contribution in [3.8, 4) is 0 Å². The molecule has 1 saturated carbocycles. The molecule has 0 heterocycles. The molecule has 1 fully saturated rings. The second kappa shape index (κ2) is 5.82. The van der Waals surface area contributed by atoms with E-state index in [1.165, 1.54) is 0 Å². The Balaban J connectivity index is 1.90. The van der Waals surface area contributed by atoms with Crippen molar-refractivity contribution < 1.29 is 8.42 Å². The van der Waals surface area contributed by atoms with Gasteiger partial charge < -0.3 is 5.32 Å². The molecule has 0 atom stereocenters. The molecule has 1 aliphatic carbocycles. The Kier molecular flexibility index (Phi) is 4.37. The Morgan fingerprint density at radius 3 is 2.33 bits per heavy atom. The van der Waals surface area contributed by atoms with Crippen LogP contribution in [0.1, 0.15) is 24.0 Å². The van der Waals surface area contributed by atoms with Crippen LogP contribution in [0.4, 0.5) is 0 Å². The maximum absolute atomic E-state index is 11.8. The summed E-state index contributed by atoms with van der Waals surface area (Å²) in [6.45, 7) is 1.40. The van der Waals surface area contributed by atoms with Gasteiger partial charge in [0.05, 0.1) is 5.75 Å². The summed E-state index contributed by atoms with van der Waals surface area (Å²) < 4.78 is 26.3. The summed E-state index contributed by atoms with van der Waals surface area (Å²) in [6.07, 6.45) is 2.31. The molecule has 1 aromatic carbocycles. The Labute approximate surface area is 109 Å². The summed E-state index contributed by atoms with van der Waals surface area (Å²) in [4.78, 5) is 0. The number of hydrogen-bond donors (Lipinski definition) is 2. The average Bonchev–Trinajstić information content (AvgIpc) is 3.13. The highest BCUT2D eigenvalue weighted by molar-refractivity contribution is 7.88. The zero-order valence-corrected chi connectivity index (χ0v) is 11.5. The summed E-state index contributed by atoms with van der Waals surface area (Å²) in [5.41, 5.74) is 1.99. The minimum atomic E-state index is -3.18. The van der Waals surface area contributed by atoms with Gasteiger partial charge in [0.15, 0.2) is 0 Å². The van der Waals surface area contributed by atoms with E-state index in [0.29, 0.717) is 12.5 Å². The van der Waals surface area contributed by atoms with Gasteiger partial charge in [-0.2, -0.15) is 0 Å². The molecule has 5 heteroatoms. The van der Waals surface area contributed by atoms with E-state index in [1.54, 1.807) is 0 Å². The van der Waals surface area contributed by atoms with Crippen molar-refractivity contribution in [2.24, 2.45) is 5.92 Å². The SMILES string of the molecule is CNCc1ccc(CS(=O)(=O)NCC2CC2)cc1. The van der Waals surface area contributed by atoms with Crippen LogP contribution in [0.3, 0.4) is 0 Å². The fraction of sp³-hybridized carbons (Fsp3) is 0.538. The Morgan fingerprint density at radius 2 is 1.78 bits per heavy atom. The van der Waals surface area contributed by atoms with E-state index in [1.807, 2.05) is 31.3 Å². The fourth-order valence-electron chi connectivity index (χ4n) is 1.79. The zero-order valence-electron chi connectivity index (χ0n) is 10.6. The average molecular weight is 268 g/mol. The van der Waals surface area contributed by atoms with Crippen LogP contribution < -0.4 is 10.0 Å². The predicted molar refractivity (Wildman–Crippen MR) is 72.6 cm³/mol. The molecule has 1 aromatic rings. The van der Waals surface area contributed by atoms with E-state index >= 15 is 0 Å². The van der Waals surface area contributed by atoms with Crippen LogP contribution in [0, 0.1) is 5.92 Å². The first-order chi connectivity index (χ1) is 8.59. The molecule has 0 bridgehead atoms. The quantitative estimate of drug-likeness (QED) is 0.782. The van der Waals surface area contributed by atoms with Crippen LogP contribution in [0.15, 0.2) is 24.3 Å². The third-order valence-corrected chi connectivity index (χ3v) is 4.37. The lowest BCUT2D eigenvalue weighted by atomic mass is 10.1. The van der Waals surface area contributed by atoms with Crippen LogP contribution in [-0.4, -0.2) is 22.0 Å². The van der Waals surface area contributed by atoms with Gasteiger partial charge in [-0.15, -0.1) is 0 Å². The minimum Gasteiger partial charge on any atom is -0.316 e. The molecule has 100 valence electrons. The molecule has 1 aliphatic rings. The van der Waals surface area contributed by atoms with Crippen LogP contribution in [0.2, 0.25) is 0 Å². The number of nitrogens with one attached hydrogen (secondary N) is 2. The van der Waals surface area contributed by atoms with Crippen LogP contribution >= 0.6 is 0 Å². The first-order valence-corrected chi connectivity index (χ1v) is 7.94. The van der Waals surface area contributed by atoms with Gasteiger partial charge in [0, 0.05) is 13.1 Å².